The molecule has 0 saturated carbocycles. The van der Waals surface area contributed by atoms with Crippen LogP contribution in [0, 0.1) is 6.92 Å². The van der Waals surface area contributed by atoms with Crippen molar-refractivity contribution < 1.29 is 4.74 Å². The highest BCUT2D eigenvalue weighted by atomic mass is 32.1. The molecule has 1 atom stereocenters. The molecule has 98 valence electrons. The Bertz CT molecular complexity index is 540. The highest BCUT2D eigenvalue weighted by molar-refractivity contribution is 7.18. The zero-order valence-electron chi connectivity index (χ0n) is 11.1. The molecule has 2 aromatic heterocycles. The van der Waals surface area contributed by atoms with E-state index >= 15 is 0 Å². The fourth-order valence-corrected chi connectivity index (χ4v) is 2.49. The van der Waals surface area contributed by atoms with E-state index in [2.05, 4.69) is 33.6 Å². The van der Waals surface area contributed by atoms with Crippen molar-refractivity contribution in [2.24, 2.45) is 0 Å². The van der Waals surface area contributed by atoms with Gasteiger partial charge in [0, 0.05) is 25.6 Å². The first-order chi connectivity index (χ1) is 8.63. The highest BCUT2D eigenvalue weighted by Gasteiger charge is 2.10. The molecular weight excluding hydrogens is 248 g/mol. The van der Waals surface area contributed by atoms with Gasteiger partial charge in [0.1, 0.15) is 10.6 Å². The van der Waals surface area contributed by atoms with Crippen molar-refractivity contribution in [2.45, 2.75) is 20.0 Å². The molecule has 2 N–H and O–H groups in total. The summed E-state index contributed by atoms with van der Waals surface area (Å²) >= 11 is 1.67. The van der Waals surface area contributed by atoms with Crippen molar-refractivity contribution in [3.8, 4) is 0 Å². The molecule has 0 aliphatic carbocycles. The third kappa shape index (κ3) is 2.70. The lowest BCUT2D eigenvalue weighted by atomic mass is 10.3. The van der Waals surface area contributed by atoms with E-state index in [4.69, 9.17) is 4.74 Å². The molecule has 2 rings (SSSR count). The Hall–Kier alpha value is -1.40. The van der Waals surface area contributed by atoms with Crippen LogP contribution in [-0.4, -0.2) is 36.8 Å². The van der Waals surface area contributed by atoms with Crippen LogP contribution in [0.25, 0.3) is 10.2 Å². The van der Waals surface area contributed by atoms with Gasteiger partial charge in [-0.2, -0.15) is 4.98 Å². The van der Waals surface area contributed by atoms with Crippen molar-refractivity contribution in [2.75, 3.05) is 31.3 Å². The largest absolute Gasteiger partial charge is 0.380 e. The number of nitrogens with one attached hydrogen (secondary N) is 2. The van der Waals surface area contributed by atoms with E-state index in [-0.39, 0.29) is 6.10 Å². The summed E-state index contributed by atoms with van der Waals surface area (Å²) in [4.78, 5) is 11.1. The second kappa shape index (κ2) is 5.49. The molecule has 5 nitrogen and oxygen atoms in total. The molecule has 0 aliphatic rings. The summed E-state index contributed by atoms with van der Waals surface area (Å²) in [5.74, 6) is 1.49. The van der Waals surface area contributed by atoms with E-state index in [1.807, 2.05) is 14.0 Å². The average molecular weight is 266 g/mol. The van der Waals surface area contributed by atoms with Crippen molar-refractivity contribution in [1.82, 2.24) is 9.97 Å². The molecule has 0 aromatic carbocycles. The predicted octanol–water partition coefficient (Wildman–Crippen LogP) is 2.49. The fraction of sp³-hybridized carbons (Fsp3) is 0.500. The Morgan fingerprint density at radius 3 is 2.89 bits per heavy atom. The Morgan fingerprint density at radius 2 is 2.22 bits per heavy atom. The standard InChI is InChI=1S/C12H18N4OS/c1-7(17-4)6-14-10-9-5-8(2)18-11(9)16-12(13-3)15-10/h5,7H,6H2,1-4H3,(H2,13,14,15,16). The van der Waals surface area contributed by atoms with Gasteiger partial charge in [-0.15, -0.1) is 11.3 Å². The van der Waals surface area contributed by atoms with E-state index in [1.165, 1.54) is 4.88 Å². The molecule has 0 radical (unpaired) electrons. The predicted molar refractivity (Wildman–Crippen MR) is 76.7 cm³/mol. The molecule has 18 heavy (non-hydrogen) atoms. The lowest BCUT2D eigenvalue weighted by molar-refractivity contribution is 0.128. The maximum absolute atomic E-state index is 5.23. The molecule has 0 saturated heterocycles. The Kier molecular flexibility index (Phi) is 3.98. The highest BCUT2D eigenvalue weighted by Crippen LogP contribution is 2.29. The monoisotopic (exact) mass is 266 g/mol. The van der Waals surface area contributed by atoms with E-state index in [9.17, 15) is 0 Å². The molecular formula is C12H18N4OS. The number of nitrogens with zero attached hydrogens (tertiary/aromatic N) is 2. The molecule has 0 amide bonds. The number of fused-ring (bicyclic) bond motifs is 1. The summed E-state index contributed by atoms with van der Waals surface area (Å²) < 4.78 is 5.23. The van der Waals surface area contributed by atoms with Gasteiger partial charge in [-0.3, -0.25) is 0 Å². The van der Waals surface area contributed by atoms with Crippen LogP contribution in [0.5, 0.6) is 0 Å². The molecule has 2 aromatic rings. The topological polar surface area (TPSA) is 59.1 Å². The Morgan fingerprint density at radius 1 is 1.44 bits per heavy atom. The van der Waals surface area contributed by atoms with E-state index < -0.39 is 0 Å². The van der Waals surface area contributed by atoms with Crippen molar-refractivity contribution in [1.29, 1.82) is 0 Å². The van der Waals surface area contributed by atoms with Crippen LogP contribution in [-0.2, 0) is 4.74 Å². The van der Waals surface area contributed by atoms with Gasteiger partial charge in [-0.1, -0.05) is 0 Å². The maximum atomic E-state index is 5.23. The quantitative estimate of drug-likeness (QED) is 0.870. The van der Waals surface area contributed by atoms with Crippen LogP contribution in [0.4, 0.5) is 11.8 Å². The number of hydrogen-bond donors (Lipinski definition) is 2. The van der Waals surface area contributed by atoms with Gasteiger partial charge >= 0.3 is 0 Å². The summed E-state index contributed by atoms with van der Waals surface area (Å²) in [5.41, 5.74) is 0. The Balaban J connectivity index is 2.34. The third-order valence-corrected chi connectivity index (χ3v) is 3.64. The van der Waals surface area contributed by atoms with Gasteiger partial charge in [0.05, 0.1) is 11.5 Å². The van der Waals surface area contributed by atoms with Crippen LogP contribution in [0.1, 0.15) is 11.8 Å². The van der Waals surface area contributed by atoms with E-state index in [0.717, 1.165) is 22.6 Å². The number of anilines is 2. The summed E-state index contributed by atoms with van der Waals surface area (Å²) in [7, 11) is 3.53. The number of ether oxygens (including phenoxy) is 1. The molecule has 2 heterocycles. The second-order valence-electron chi connectivity index (χ2n) is 4.15. The average Bonchev–Trinajstić information content (AvgIpc) is 2.75. The van der Waals surface area contributed by atoms with Crippen LogP contribution < -0.4 is 10.6 Å². The molecule has 6 heteroatoms. The lowest BCUT2D eigenvalue weighted by Crippen LogP contribution is -2.19. The minimum absolute atomic E-state index is 0.146. The SMILES string of the molecule is CNc1nc(NCC(C)OC)c2cc(C)sc2n1. The van der Waals surface area contributed by atoms with Crippen LogP contribution in [0.15, 0.2) is 6.07 Å². The van der Waals surface area contributed by atoms with Gasteiger partial charge < -0.3 is 15.4 Å². The minimum Gasteiger partial charge on any atom is -0.380 e. The van der Waals surface area contributed by atoms with Crippen LogP contribution >= 0.6 is 11.3 Å². The Labute approximate surface area is 111 Å². The molecule has 0 bridgehead atoms. The first-order valence-corrected chi connectivity index (χ1v) is 6.68. The number of aromatic nitrogens is 2. The maximum Gasteiger partial charge on any atom is 0.225 e. The van der Waals surface area contributed by atoms with E-state index in [1.54, 1.807) is 18.4 Å². The zero-order valence-corrected chi connectivity index (χ0v) is 11.9. The number of thiophene rings is 1. The first-order valence-electron chi connectivity index (χ1n) is 5.86. The van der Waals surface area contributed by atoms with Gasteiger partial charge in [0.25, 0.3) is 0 Å². The van der Waals surface area contributed by atoms with Crippen molar-refractivity contribution in [3.63, 3.8) is 0 Å². The van der Waals surface area contributed by atoms with E-state index in [0.29, 0.717) is 5.95 Å². The second-order valence-corrected chi connectivity index (χ2v) is 5.38. The van der Waals surface area contributed by atoms with Gasteiger partial charge in [-0.05, 0) is 19.9 Å². The van der Waals surface area contributed by atoms with Gasteiger partial charge in [0.2, 0.25) is 5.95 Å². The summed E-state index contributed by atoms with van der Waals surface area (Å²) in [6.07, 6.45) is 0.146. The van der Waals surface area contributed by atoms with Crippen molar-refractivity contribution >= 4 is 33.3 Å². The van der Waals surface area contributed by atoms with Gasteiger partial charge in [0.15, 0.2) is 0 Å². The number of aryl methyl sites for hydroxylation is 1. The summed E-state index contributed by atoms with van der Waals surface area (Å²) in [6.45, 7) is 4.82. The normalized spacial score (nSPS) is 12.7. The molecule has 0 aliphatic heterocycles. The molecule has 1 unspecified atom stereocenters. The molecule has 0 spiro atoms. The summed E-state index contributed by atoms with van der Waals surface area (Å²) in [6, 6.07) is 2.11. The first kappa shape index (κ1) is 13.0. The third-order valence-electron chi connectivity index (χ3n) is 2.70. The zero-order chi connectivity index (χ0) is 13.1. The smallest absolute Gasteiger partial charge is 0.225 e. The number of hydrogen-bond acceptors (Lipinski definition) is 6. The lowest BCUT2D eigenvalue weighted by Gasteiger charge is -2.12. The van der Waals surface area contributed by atoms with Crippen molar-refractivity contribution in [3.05, 3.63) is 10.9 Å². The number of rotatable bonds is 5. The fourth-order valence-electron chi connectivity index (χ4n) is 1.61. The summed E-state index contributed by atoms with van der Waals surface area (Å²) in [5, 5.41) is 7.37. The minimum atomic E-state index is 0.146. The number of methoxy groups -OCH3 is 1. The van der Waals surface area contributed by atoms with Crippen LogP contribution in [0.2, 0.25) is 0 Å². The van der Waals surface area contributed by atoms with Gasteiger partial charge in [-0.25, -0.2) is 4.98 Å². The van der Waals surface area contributed by atoms with Crippen LogP contribution in [0.3, 0.4) is 0 Å². The molecule has 0 fully saturated rings.